The van der Waals surface area contributed by atoms with Crippen molar-refractivity contribution in [2.24, 2.45) is 23.3 Å². The predicted molar refractivity (Wildman–Crippen MR) is 133 cm³/mol. The van der Waals surface area contributed by atoms with Crippen LogP contribution in [0.4, 0.5) is 0 Å². The van der Waals surface area contributed by atoms with Gasteiger partial charge in [0, 0.05) is 47.2 Å². The Bertz CT molecular complexity index is 921. The smallest absolute Gasteiger partial charge is 0.353 e. The molecule has 0 aromatic carbocycles. The number of hydrogen-bond donors (Lipinski definition) is 6. The van der Waals surface area contributed by atoms with Crippen LogP contribution >= 0.6 is 23.5 Å². The summed E-state index contributed by atoms with van der Waals surface area (Å²) in [5.41, 5.74) is 10.9. The van der Waals surface area contributed by atoms with Crippen LogP contribution in [0.5, 0.6) is 0 Å². The van der Waals surface area contributed by atoms with Gasteiger partial charge in [0.1, 0.15) is 11.4 Å². The van der Waals surface area contributed by atoms with Gasteiger partial charge >= 0.3 is 11.9 Å². The third-order valence-corrected chi connectivity index (χ3v) is 8.87. The fraction of sp³-hybridized carbons (Fsp3) is 0.636. The van der Waals surface area contributed by atoms with Crippen LogP contribution in [0.25, 0.3) is 0 Å². The quantitative estimate of drug-likeness (QED) is 0.186. The molecule has 4 rings (SSSR count). The van der Waals surface area contributed by atoms with E-state index in [1.807, 2.05) is 0 Å². The van der Waals surface area contributed by atoms with Gasteiger partial charge in [-0.1, -0.05) is 0 Å². The molecule has 4 heterocycles. The van der Waals surface area contributed by atoms with Gasteiger partial charge in [-0.3, -0.25) is 9.59 Å². The van der Waals surface area contributed by atoms with Crippen LogP contribution in [-0.4, -0.2) is 103 Å². The molecule has 0 aromatic heterocycles. The summed E-state index contributed by atoms with van der Waals surface area (Å²) in [5.74, 6) is -2.47. The molecule has 0 aliphatic carbocycles. The molecular weight excluding hydrogens is 512 g/mol. The second kappa shape index (κ2) is 11.5. The summed E-state index contributed by atoms with van der Waals surface area (Å²) in [5, 5.41) is 37.5. The van der Waals surface area contributed by atoms with Crippen LogP contribution in [-0.2, 0) is 19.2 Å². The minimum atomic E-state index is -1.09. The first-order chi connectivity index (χ1) is 17.0. The van der Waals surface area contributed by atoms with E-state index in [4.69, 9.17) is 11.5 Å². The number of amides is 2. The molecule has 0 aromatic rings. The molecule has 8 N–H and O–H groups in total. The number of carboxylic acid groups (broad SMARTS) is 2. The number of thioether (sulfide) groups is 2. The monoisotopic (exact) mass is 544 g/mol. The van der Waals surface area contributed by atoms with Gasteiger partial charge in [0.05, 0.1) is 36.1 Å². The van der Waals surface area contributed by atoms with Crippen molar-refractivity contribution in [3.05, 3.63) is 21.2 Å². The third-order valence-electron chi connectivity index (χ3n) is 6.57. The second-order valence-corrected chi connectivity index (χ2v) is 11.3. The van der Waals surface area contributed by atoms with E-state index in [0.29, 0.717) is 47.2 Å². The highest BCUT2D eigenvalue weighted by atomic mass is 32.2. The van der Waals surface area contributed by atoms with Crippen LogP contribution in [0, 0.1) is 11.8 Å². The first-order valence-electron chi connectivity index (χ1n) is 11.6. The minimum absolute atomic E-state index is 0.0698. The van der Waals surface area contributed by atoms with Crippen molar-refractivity contribution in [2.75, 3.05) is 24.6 Å². The second-order valence-electron chi connectivity index (χ2n) is 8.92. The maximum absolute atomic E-state index is 11.9. The first kappa shape index (κ1) is 28.5. The molecule has 14 heteroatoms. The summed E-state index contributed by atoms with van der Waals surface area (Å²) in [6.07, 6.45) is -0.471. The zero-order valence-corrected chi connectivity index (χ0v) is 21.6. The average Bonchev–Trinajstić information content (AvgIpc) is 3.29. The molecule has 6 atom stereocenters. The number of carboxylic acids is 2. The number of β-lactam (4-membered cyclic amide) rings is 2. The summed E-state index contributed by atoms with van der Waals surface area (Å²) >= 11 is 2.76. The number of carbonyl (C=O) groups is 4. The number of fused-ring (bicyclic) bond motifs is 2. The molecule has 0 spiro atoms. The van der Waals surface area contributed by atoms with Gasteiger partial charge in [0.25, 0.3) is 0 Å². The molecular formula is C22H32N4O8S2. The highest BCUT2D eigenvalue weighted by Crippen LogP contribution is 2.48. The van der Waals surface area contributed by atoms with Crippen molar-refractivity contribution in [3.63, 3.8) is 0 Å². The largest absolute Gasteiger partial charge is 0.477 e. The maximum atomic E-state index is 11.9. The van der Waals surface area contributed by atoms with E-state index < -0.39 is 36.0 Å². The number of nitrogens with two attached hydrogens (primary N) is 2. The van der Waals surface area contributed by atoms with Gasteiger partial charge in [-0.25, -0.2) is 9.59 Å². The Labute approximate surface area is 216 Å². The Hall–Kier alpha value is -2.10. The highest BCUT2D eigenvalue weighted by Gasteiger charge is 2.57. The predicted octanol–water partition coefficient (Wildman–Crippen LogP) is -0.828. The standard InChI is InChI=1S/2C11H16N2O4S/c2*1-5(14)8-6-4-7(18-3-2-12)9(11(16)17)13(6)10(8)15/h2*5-6,8,14H,2-4,12H2,1H3,(H,16,17)/t2*5-,6-,8-/m11/s1. The van der Waals surface area contributed by atoms with Crippen LogP contribution in [0.2, 0.25) is 0 Å². The van der Waals surface area contributed by atoms with E-state index in [2.05, 4.69) is 0 Å². The Morgan fingerprint density at radius 1 is 0.833 bits per heavy atom. The number of aliphatic carboxylic acids is 2. The van der Waals surface area contributed by atoms with Crippen molar-refractivity contribution >= 4 is 47.3 Å². The number of carbonyl (C=O) groups excluding carboxylic acids is 2. The van der Waals surface area contributed by atoms with Crippen LogP contribution in [0.1, 0.15) is 26.7 Å². The van der Waals surface area contributed by atoms with E-state index in [9.17, 15) is 39.6 Å². The van der Waals surface area contributed by atoms with Crippen LogP contribution in [0.3, 0.4) is 0 Å². The lowest BCUT2D eigenvalue weighted by Gasteiger charge is -2.44. The molecule has 2 amide bonds. The molecule has 12 nitrogen and oxygen atoms in total. The van der Waals surface area contributed by atoms with E-state index in [0.717, 1.165) is 0 Å². The number of hydrogen-bond acceptors (Lipinski definition) is 10. The summed E-state index contributed by atoms with van der Waals surface area (Å²) in [4.78, 5) is 50.2. The van der Waals surface area contributed by atoms with Crippen molar-refractivity contribution in [1.82, 2.24) is 9.80 Å². The minimum Gasteiger partial charge on any atom is -0.477 e. The van der Waals surface area contributed by atoms with E-state index >= 15 is 0 Å². The highest BCUT2D eigenvalue weighted by molar-refractivity contribution is 8.03. The van der Waals surface area contributed by atoms with Crippen LogP contribution in [0.15, 0.2) is 21.2 Å². The van der Waals surface area contributed by atoms with Crippen molar-refractivity contribution in [2.45, 2.75) is 51.0 Å². The summed E-state index contributed by atoms with van der Waals surface area (Å²) in [6.45, 7) is 4.04. The summed E-state index contributed by atoms with van der Waals surface area (Å²) < 4.78 is 0. The molecule has 0 unspecified atom stereocenters. The molecule has 200 valence electrons. The lowest BCUT2D eigenvalue weighted by molar-refractivity contribution is -0.161. The van der Waals surface area contributed by atoms with Gasteiger partial charge in [-0.05, 0) is 13.8 Å². The lowest BCUT2D eigenvalue weighted by atomic mass is 9.83. The average molecular weight is 545 g/mol. The zero-order chi connectivity index (χ0) is 26.9. The zero-order valence-electron chi connectivity index (χ0n) is 20.0. The van der Waals surface area contributed by atoms with Gasteiger partial charge in [-0.15, -0.1) is 23.5 Å². The SMILES string of the molecule is C[C@@H](O)[C@H]1C(=O)N2C(C(=O)O)=C(SCCN)C[C@H]12.C[C@@H](O)[C@H]1C(=O)N2C(C(=O)O)=C(SCCN)C[C@H]12. The Morgan fingerprint density at radius 3 is 1.42 bits per heavy atom. The molecule has 2 fully saturated rings. The normalized spacial score (nSPS) is 28.2. The lowest BCUT2D eigenvalue weighted by Crippen LogP contribution is -2.61. The first-order valence-corrected chi connectivity index (χ1v) is 13.6. The van der Waals surface area contributed by atoms with Gasteiger partial charge in [-0.2, -0.15) is 0 Å². The fourth-order valence-electron chi connectivity index (χ4n) is 5.08. The molecule has 0 bridgehead atoms. The Morgan fingerprint density at radius 2 is 1.17 bits per heavy atom. The third kappa shape index (κ3) is 5.02. The fourth-order valence-corrected chi connectivity index (χ4v) is 7.03. The van der Waals surface area contributed by atoms with Crippen molar-refractivity contribution < 1.29 is 39.6 Å². The number of aliphatic hydroxyl groups is 2. The van der Waals surface area contributed by atoms with Gasteiger partial charge in [0.15, 0.2) is 0 Å². The number of rotatable bonds is 10. The van der Waals surface area contributed by atoms with Gasteiger partial charge in [0.2, 0.25) is 11.8 Å². The number of aliphatic hydroxyl groups excluding tert-OH is 2. The summed E-state index contributed by atoms with van der Waals surface area (Å²) in [6, 6.07) is -0.409. The maximum Gasteiger partial charge on any atom is 0.353 e. The van der Waals surface area contributed by atoms with Gasteiger partial charge < -0.3 is 41.7 Å². The molecule has 2 saturated heterocycles. The number of nitrogens with zero attached hydrogens (tertiary/aromatic N) is 2. The van der Waals surface area contributed by atoms with Crippen molar-refractivity contribution in [1.29, 1.82) is 0 Å². The van der Waals surface area contributed by atoms with E-state index in [-0.39, 0.29) is 35.3 Å². The van der Waals surface area contributed by atoms with Crippen LogP contribution < -0.4 is 11.5 Å². The molecule has 0 saturated carbocycles. The summed E-state index contributed by atoms with van der Waals surface area (Å²) in [7, 11) is 0. The topological polar surface area (TPSA) is 208 Å². The molecule has 36 heavy (non-hydrogen) atoms. The Balaban J connectivity index is 0.000000201. The van der Waals surface area contributed by atoms with E-state index in [1.165, 1.54) is 33.3 Å². The van der Waals surface area contributed by atoms with Crippen molar-refractivity contribution in [3.8, 4) is 0 Å². The molecule has 4 aliphatic rings. The van der Waals surface area contributed by atoms with E-state index in [1.54, 1.807) is 13.8 Å². The Kier molecular flexibility index (Phi) is 9.11. The molecule has 4 aliphatic heterocycles. The molecule has 0 radical (unpaired) electrons.